The van der Waals surface area contributed by atoms with Gasteiger partial charge in [-0.2, -0.15) is 0 Å². The molecular formula is C26H30BNO4. The van der Waals surface area contributed by atoms with Crippen LogP contribution in [0.3, 0.4) is 0 Å². The molecule has 5 rings (SSSR count). The first-order valence-corrected chi connectivity index (χ1v) is 11.4. The van der Waals surface area contributed by atoms with Crippen LogP contribution in [0.15, 0.2) is 60.1 Å². The first-order valence-electron chi connectivity index (χ1n) is 11.4. The summed E-state index contributed by atoms with van der Waals surface area (Å²) in [7, 11) is -0.427. The lowest BCUT2D eigenvalue weighted by Gasteiger charge is -2.32. The van der Waals surface area contributed by atoms with Gasteiger partial charge in [0.1, 0.15) is 6.61 Å². The van der Waals surface area contributed by atoms with E-state index in [9.17, 15) is 4.79 Å². The zero-order valence-electron chi connectivity index (χ0n) is 19.3. The number of benzene rings is 2. The number of ether oxygens (including phenoxy) is 1. The zero-order valence-corrected chi connectivity index (χ0v) is 19.3. The number of carbonyl (C=O) groups excluding carboxylic acids is 1. The highest BCUT2D eigenvalue weighted by atomic mass is 16.7. The number of fused-ring (bicyclic) bond motifs is 3. The largest absolute Gasteiger partial charge is 0.492 e. The molecule has 2 aromatic rings. The Balaban J connectivity index is 1.26. The van der Waals surface area contributed by atoms with Crippen molar-refractivity contribution in [2.75, 3.05) is 19.7 Å². The topological polar surface area (TPSA) is 48.0 Å². The molecule has 166 valence electrons. The second-order valence-corrected chi connectivity index (χ2v) is 9.88. The van der Waals surface area contributed by atoms with Gasteiger partial charge in [-0.3, -0.25) is 0 Å². The third kappa shape index (κ3) is 3.56. The monoisotopic (exact) mass is 431 g/mol. The highest BCUT2D eigenvalue weighted by Gasteiger charge is 2.52. The van der Waals surface area contributed by atoms with Crippen LogP contribution in [-0.4, -0.2) is 49.0 Å². The van der Waals surface area contributed by atoms with Gasteiger partial charge < -0.3 is 18.9 Å². The maximum Gasteiger partial charge on any atom is 0.492 e. The van der Waals surface area contributed by atoms with Crippen LogP contribution in [0.25, 0.3) is 11.1 Å². The van der Waals surface area contributed by atoms with Crippen molar-refractivity contribution < 1.29 is 18.8 Å². The predicted molar refractivity (Wildman–Crippen MR) is 125 cm³/mol. The molecule has 0 radical (unpaired) electrons. The summed E-state index contributed by atoms with van der Waals surface area (Å²) in [4.78, 5) is 14.7. The van der Waals surface area contributed by atoms with E-state index in [1.807, 2.05) is 39.8 Å². The summed E-state index contributed by atoms with van der Waals surface area (Å²) in [6.45, 7) is 9.60. The fraction of sp³-hybridized carbons (Fsp3) is 0.423. The summed E-state index contributed by atoms with van der Waals surface area (Å²) in [5.74, 6) is 0.0641. The highest BCUT2D eigenvalue weighted by Crippen LogP contribution is 2.44. The Morgan fingerprint density at radius 2 is 1.56 bits per heavy atom. The van der Waals surface area contributed by atoms with Crippen LogP contribution < -0.4 is 0 Å². The lowest BCUT2D eigenvalue weighted by molar-refractivity contribution is 0.00578. The first-order chi connectivity index (χ1) is 15.3. The highest BCUT2D eigenvalue weighted by molar-refractivity contribution is 6.54. The Morgan fingerprint density at radius 3 is 2.16 bits per heavy atom. The second kappa shape index (κ2) is 7.78. The molecule has 2 aliphatic heterocycles. The zero-order chi connectivity index (χ0) is 22.5. The number of amides is 1. The maximum absolute atomic E-state index is 13.0. The molecule has 32 heavy (non-hydrogen) atoms. The molecule has 1 saturated heterocycles. The Labute approximate surface area is 190 Å². The summed E-state index contributed by atoms with van der Waals surface area (Å²) in [5.41, 5.74) is 5.09. The van der Waals surface area contributed by atoms with Crippen molar-refractivity contribution in [1.82, 2.24) is 4.90 Å². The normalized spacial score (nSPS) is 21.2. The average molecular weight is 431 g/mol. The maximum atomic E-state index is 13.0. The molecule has 0 bridgehead atoms. The molecule has 0 N–H and O–H groups in total. The first kappa shape index (κ1) is 21.3. The van der Waals surface area contributed by atoms with Gasteiger partial charge in [-0.05, 0) is 61.8 Å². The molecule has 0 aromatic heterocycles. The number of nitrogens with zero attached hydrogens (tertiary/aromatic N) is 1. The van der Waals surface area contributed by atoms with Gasteiger partial charge in [-0.25, -0.2) is 4.79 Å². The van der Waals surface area contributed by atoms with Crippen molar-refractivity contribution >= 4 is 13.2 Å². The minimum absolute atomic E-state index is 0.0641. The third-order valence-corrected chi connectivity index (χ3v) is 7.33. The third-order valence-electron chi connectivity index (χ3n) is 7.33. The van der Waals surface area contributed by atoms with Crippen LogP contribution in [-0.2, 0) is 14.0 Å². The van der Waals surface area contributed by atoms with Gasteiger partial charge in [0.2, 0.25) is 0 Å². The molecule has 2 heterocycles. The molecule has 1 aliphatic carbocycles. The Bertz CT molecular complexity index is 1020. The van der Waals surface area contributed by atoms with Gasteiger partial charge in [0.25, 0.3) is 0 Å². The molecular weight excluding hydrogens is 401 g/mol. The minimum Gasteiger partial charge on any atom is -0.448 e. The average Bonchev–Trinajstić information content (AvgIpc) is 3.22. The van der Waals surface area contributed by atoms with E-state index in [0.717, 1.165) is 11.9 Å². The lowest BCUT2D eigenvalue weighted by atomic mass is 9.76. The minimum atomic E-state index is -0.427. The van der Waals surface area contributed by atoms with Gasteiger partial charge in [0, 0.05) is 19.0 Å². The smallest absolute Gasteiger partial charge is 0.448 e. The SMILES string of the molecule is CC1(C)OB(C2=CCCN(C(=O)OCC3c4ccccc4-c4ccccc43)C2)OC1(C)C. The summed E-state index contributed by atoms with van der Waals surface area (Å²) < 4.78 is 18.2. The fourth-order valence-electron chi connectivity index (χ4n) is 4.78. The van der Waals surface area contributed by atoms with Crippen LogP contribution in [0.5, 0.6) is 0 Å². The van der Waals surface area contributed by atoms with E-state index in [-0.39, 0.29) is 12.0 Å². The molecule has 0 spiro atoms. The van der Waals surface area contributed by atoms with E-state index in [1.165, 1.54) is 22.3 Å². The molecule has 1 amide bonds. The number of hydrogen-bond acceptors (Lipinski definition) is 4. The number of carbonyl (C=O) groups is 1. The van der Waals surface area contributed by atoms with Crippen molar-refractivity contribution in [2.24, 2.45) is 0 Å². The van der Waals surface area contributed by atoms with Gasteiger partial charge in [0.05, 0.1) is 11.2 Å². The van der Waals surface area contributed by atoms with E-state index in [2.05, 4.69) is 42.5 Å². The predicted octanol–water partition coefficient (Wildman–Crippen LogP) is 5.20. The van der Waals surface area contributed by atoms with Gasteiger partial charge in [-0.15, -0.1) is 0 Å². The van der Waals surface area contributed by atoms with E-state index in [0.29, 0.717) is 19.7 Å². The fourth-order valence-corrected chi connectivity index (χ4v) is 4.78. The molecule has 3 aliphatic rings. The van der Waals surface area contributed by atoms with Crippen molar-refractivity contribution in [1.29, 1.82) is 0 Å². The Kier molecular flexibility index (Phi) is 5.18. The van der Waals surface area contributed by atoms with Crippen molar-refractivity contribution in [2.45, 2.75) is 51.2 Å². The molecule has 1 fully saturated rings. The summed E-state index contributed by atoms with van der Waals surface area (Å²) in [6, 6.07) is 16.8. The molecule has 6 heteroatoms. The molecule has 0 unspecified atom stereocenters. The van der Waals surface area contributed by atoms with Crippen LogP contribution in [0.4, 0.5) is 4.79 Å². The molecule has 2 aromatic carbocycles. The lowest BCUT2D eigenvalue weighted by Crippen LogP contribution is -2.41. The van der Waals surface area contributed by atoms with E-state index in [4.69, 9.17) is 14.0 Å². The summed E-state index contributed by atoms with van der Waals surface area (Å²) >= 11 is 0. The molecule has 5 nitrogen and oxygen atoms in total. The number of hydrogen-bond donors (Lipinski definition) is 0. The van der Waals surface area contributed by atoms with Gasteiger partial charge >= 0.3 is 13.2 Å². The van der Waals surface area contributed by atoms with Crippen LogP contribution in [0, 0.1) is 0 Å². The van der Waals surface area contributed by atoms with Crippen LogP contribution in [0.1, 0.15) is 51.2 Å². The van der Waals surface area contributed by atoms with Crippen molar-refractivity contribution in [3.63, 3.8) is 0 Å². The summed E-state index contributed by atoms with van der Waals surface area (Å²) in [6.07, 6.45) is 2.62. The van der Waals surface area contributed by atoms with Gasteiger partial charge in [0.15, 0.2) is 0 Å². The quantitative estimate of drug-likeness (QED) is 0.627. The molecule has 0 saturated carbocycles. The van der Waals surface area contributed by atoms with Gasteiger partial charge in [-0.1, -0.05) is 54.6 Å². The van der Waals surface area contributed by atoms with Crippen LogP contribution >= 0.6 is 0 Å². The Hall–Kier alpha value is -2.57. The van der Waals surface area contributed by atoms with E-state index in [1.54, 1.807) is 4.90 Å². The van der Waals surface area contributed by atoms with Crippen molar-refractivity contribution in [3.8, 4) is 11.1 Å². The standard InChI is InChI=1S/C26H30BNO4/c1-25(2)26(3,4)32-27(31-25)18-10-9-15-28(16-18)24(29)30-17-23-21-13-7-5-11-19(21)20-12-6-8-14-22(20)23/h5-8,10-14,23H,9,15-17H2,1-4H3. The molecule has 0 atom stereocenters. The van der Waals surface area contributed by atoms with Crippen LogP contribution in [0.2, 0.25) is 0 Å². The Morgan fingerprint density at radius 1 is 1.00 bits per heavy atom. The van der Waals surface area contributed by atoms with E-state index >= 15 is 0 Å². The number of rotatable bonds is 3. The second-order valence-electron chi connectivity index (χ2n) is 9.88. The summed E-state index contributed by atoms with van der Waals surface area (Å²) in [5, 5.41) is 0. The van der Waals surface area contributed by atoms with Crippen molar-refractivity contribution in [3.05, 3.63) is 71.2 Å². The van der Waals surface area contributed by atoms with E-state index < -0.39 is 18.3 Å².